The highest BCUT2D eigenvalue weighted by Gasteiger charge is 2.32. The van der Waals surface area contributed by atoms with E-state index in [1.54, 1.807) is 0 Å². The van der Waals surface area contributed by atoms with Gasteiger partial charge in [-0.3, -0.25) is 0 Å². The van der Waals surface area contributed by atoms with E-state index in [9.17, 15) is 15.3 Å². The molecule has 0 aliphatic heterocycles. The minimum absolute atomic E-state index is 0.0446. The monoisotopic (exact) mass is 236 g/mol. The van der Waals surface area contributed by atoms with Gasteiger partial charge in [0.25, 0.3) is 0 Å². The molecule has 0 saturated heterocycles. The molecule has 4 atom stereocenters. The molecule has 0 aliphatic carbocycles. The number of hydrogen-bond acceptors (Lipinski definition) is 6. The molecule has 6 nitrogen and oxygen atoms in total. The third-order valence-electron chi connectivity index (χ3n) is 2.04. The Bertz CT molecular complexity index is 186. The quantitative estimate of drug-likeness (QED) is 0.355. The van der Waals surface area contributed by atoms with Crippen LogP contribution in [0.25, 0.3) is 0 Å². The molecule has 4 N–H and O–H groups in total. The van der Waals surface area contributed by atoms with E-state index in [0.29, 0.717) is 0 Å². The van der Waals surface area contributed by atoms with Crippen molar-refractivity contribution < 1.29 is 29.9 Å². The van der Waals surface area contributed by atoms with Crippen LogP contribution in [-0.2, 0) is 9.47 Å². The van der Waals surface area contributed by atoms with Crippen LogP contribution in [0.2, 0.25) is 0 Å². The first-order valence-corrected chi connectivity index (χ1v) is 4.95. The van der Waals surface area contributed by atoms with Gasteiger partial charge in [0.1, 0.15) is 24.4 Å². The third-order valence-corrected chi connectivity index (χ3v) is 2.04. The molecule has 0 amide bonds. The second-order valence-corrected chi connectivity index (χ2v) is 3.35. The number of rotatable bonds is 9. The molecule has 96 valence electrons. The molecular weight excluding hydrogens is 216 g/mol. The Hall–Kier alpha value is -0.500. The minimum atomic E-state index is -1.39. The summed E-state index contributed by atoms with van der Waals surface area (Å²) in [6, 6.07) is 0. The SMILES string of the molecule is C=CCO[C@H]([C@H](O)[C@H](O)CO)[C@H](O)COC. The Morgan fingerprint density at radius 3 is 2.31 bits per heavy atom. The lowest BCUT2D eigenvalue weighted by atomic mass is 10.0. The van der Waals surface area contributed by atoms with E-state index in [4.69, 9.17) is 14.6 Å². The molecule has 16 heavy (non-hydrogen) atoms. The van der Waals surface area contributed by atoms with E-state index in [2.05, 4.69) is 6.58 Å². The summed E-state index contributed by atoms with van der Waals surface area (Å²) in [6.07, 6.45) is -3.46. The highest BCUT2D eigenvalue weighted by molar-refractivity contribution is 4.83. The van der Waals surface area contributed by atoms with Crippen molar-refractivity contribution in [2.75, 3.05) is 26.9 Å². The maximum Gasteiger partial charge on any atom is 0.114 e. The molecule has 0 spiro atoms. The molecule has 0 aromatic rings. The van der Waals surface area contributed by atoms with E-state index < -0.39 is 31.0 Å². The van der Waals surface area contributed by atoms with Gasteiger partial charge in [-0.2, -0.15) is 0 Å². The lowest BCUT2D eigenvalue weighted by Crippen LogP contribution is -2.48. The van der Waals surface area contributed by atoms with Crippen LogP contribution in [0.1, 0.15) is 0 Å². The van der Waals surface area contributed by atoms with E-state index >= 15 is 0 Å². The summed E-state index contributed by atoms with van der Waals surface area (Å²) >= 11 is 0. The van der Waals surface area contributed by atoms with Crippen molar-refractivity contribution in [3.05, 3.63) is 12.7 Å². The van der Waals surface area contributed by atoms with Gasteiger partial charge in [-0.15, -0.1) is 6.58 Å². The van der Waals surface area contributed by atoms with Gasteiger partial charge in [0.15, 0.2) is 0 Å². The Balaban J connectivity index is 4.43. The van der Waals surface area contributed by atoms with Gasteiger partial charge < -0.3 is 29.9 Å². The summed E-state index contributed by atoms with van der Waals surface area (Å²) in [6.45, 7) is 2.88. The Labute approximate surface area is 94.7 Å². The van der Waals surface area contributed by atoms with E-state index in [-0.39, 0.29) is 13.2 Å². The summed E-state index contributed by atoms with van der Waals surface area (Å²) < 4.78 is 9.84. The first-order chi connectivity index (χ1) is 7.58. The molecule has 0 aliphatic rings. The fourth-order valence-corrected chi connectivity index (χ4v) is 1.21. The van der Waals surface area contributed by atoms with Gasteiger partial charge in [-0.05, 0) is 0 Å². The first kappa shape index (κ1) is 15.5. The number of methoxy groups -OCH3 is 1. The maximum atomic E-state index is 9.62. The second kappa shape index (κ2) is 8.63. The van der Waals surface area contributed by atoms with Gasteiger partial charge in [0.2, 0.25) is 0 Å². The molecule has 0 unspecified atom stereocenters. The normalized spacial score (nSPS) is 18.8. The highest BCUT2D eigenvalue weighted by atomic mass is 16.5. The Kier molecular flexibility index (Phi) is 8.36. The lowest BCUT2D eigenvalue weighted by Gasteiger charge is -2.29. The summed E-state index contributed by atoms with van der Waals surface area (Å²) in [7, 11) is 1.39. The van der Waals surface area contributed by atoms with Crippen LogP contribution in [-0.4, -0.2) is 71.8 Å². The Morgan fingerprint density at radius 2 is 1.88 bits per heavy atom. The number of hydrogen-bond donors (Lipinski definition) is 4. The standard InChI is InChI=1S/C10H20O6/c1-3-4-16-10(8(13)6-15-2)9(14)7(12)5-11/h3,7-14H,1,4-6H2,2H3/t7-,8-,9-,10+/m1/s1. The second-order valence-electron chi connectivity index (χ2n) is 3.35. The van der Waals surface area contributed by atoms with Crippen LogP contribution in [0.3, 0.4) is 0 Å². The zero-order valence-corrected chi connectivity index (χ0v) is 9.32. The van der Waals surface area contributed by atoms with Gasteiger partial charge in [0.05, 0.1) is 19.8 Å². The molecule has 0 rings (SSSR count). The minimum Gasteiger partial charge on any atom is -0.394 e. The molecule has 0 bridgehead atoms. The largest absolute Gasteiger partial charge is 0.394 e. The van der Waals surface area contributed by atoms with Gasteiger partial charge >= 0.3 is 0 Å². The lowest BCUT2D eigenvalue weighted by molar-refractivity contribution is -0.146. The van der Waals surface area contributed by atoms with Crippen molar-refractivity contribution in [3.8, 4) is 0 Å². The van der Waals surface area contributed by atoms with Gasteiger partial charge in [-0.1, -0.05) is 6.08 Å². The summed E-state index contributed by atoms with van der Waals surface area (Å²) in [5, 5.41) is 37.2. The number of aliphatic hydroxyl groups is 4. The predicted octanol–water partition coefficient (Wildman–Crippen LogP) is -1.72. The van der Waals surface area contributed by atoms with Crippen LogP contribution in [0.5, 0.6) is 0 Å². The van der Waals surface area contributed by atoms with Crippen LogP contribution in [0.4, 0.5) is 0 Å². The van der Waals surface area contributed by atoms with Crippen LogP contribution >= 0.6 is 0 Å². The zero-order chi connectivity index (χ0) is 12.6. The topological polar surface area (TPSA) is 99.4 Å². The van der Waals surface area contributed by atoms with E-state index in [0.717, 1.165) is 0 Å². The molecule has 0 aromatic heterocycles. The summed E-state index contributed by atoms with van der Waals surface area (Å²) in [5.41, 5.74) is 0. The first-order valence-electron chi connectivity index (χ1n) is 4.95. The third kappa shape index (κ3) is 5.02. The van der Waals surface area contributed by atoms with E-state index in [1.165, 1.54) is 13.2 Å². The molecular formula is C10H20O6. The summed E-state index contributed by atoms with van der Waals surface area (Å²) in [4.78, 5) is 0. The van der Waals surface area contributed by atoms with Crippen molar-refractivity contribution in [2.45, 2.75) is 24.4 Å². The molecule has 6 heteroatoms. The van der Waals surface area contributed by atoms with Gasteiger partial charge in [0, 0.05) is 7.11 Å². The predicted molar refractivity (Wildman–Crippen MR) is 56.9 cm³/mol. The van der Waals surface area contributed by atoms with Crippen molar-refractivity contribution in [1.82, 2.24) is 0 Å². The van der Waals surface area contributed by atoms with Crippen molar-refractivity contribution in [3.63, 3.8) is 0 Å². The van der Waals surface area contributed by atoms with Crippen LogP contribution in [0.15, 0.2) is 12.7 Å². The fraction of sp³-hybridized carbons (Fsp3) is 0.800. The highest BCUT2D eigenvalue weighted by Crippen LogP contribution is 2.10. The molecule has 0 saturated carbocycles. The maximum absolute atomic E-state index is 9.62. The van der Waals surface area contributed by atoms with Crippen molar-refractivity contribution in [1.29, 1.82) is 0 Å². The smallest absolute Gasteiger partial charge is 0.114 e. The average molecular weight is 236 g/mol. The van der Waals surface area contributed by atoms with Gasteiger partial charge in [-0.25, -0.2) is 0 Å². The summed E-state index contributed by atoms with van der Waals surface area (Å²) in [5.74, 6) is 0. The van der Waals surface area contributed by atoms with E-state index in [1.807, 2.05) is 0 Å². The van der Waals surface area contributed by atoms with Crippen molar-refractivity contribution >= 4 is 0 Å². The zero-order valence-electron chi connectivity index (χ0n) is 9.32. The molecule has 0 radical (unpaired) electrons. The van der Waals surface area contributed by atoms with Crippen molar-refractivity contribution in [2.24, 2.45) is 0 Å². The number of ether oxygens (including phenoxy) is 2. The Morgan fingerprint density at radius 1 is 1.25 bits per heavy atom. The average Bonchev–Trinajstić information content (AvgIpc) is 2.28. The van der Waals surface area contributed by atoms with Crippen LogP contribution < -0.4 is 0 Å². The van der Waals surface area contributed by atoms with Crippen LogP contribution in [0, 0.1) is 0 Å². The molecule has 0 heterocycles. The molecule has 0 fully saturated rings. The number of aliphatic hydroxyl groups excluding tert-OH is 4. The fourth-order valence-electron chi connectivity index (χ4n) is 1.21. The molecule has 0 aromatic carbocycles.